The van der Waals surface area contributed by atoms with Gasteiger partial charge in [-0.3, -0.25) is 44.0 Å². The minimum Gasteiger partial charge on any atom is -0.512 e. The Morgan fingerprint density at radius 3 is 1.17 bits per heavy atom. The van der Waals surface area contributed by atoms with Crippen molar-refractivity contribution < 1.29 is 129 Å². The van der Waals surface area contributed by atoms with Crippen LogP contribution in [0.25, 0.3) is 105 Å². The van der Waals surface area contributed by atoms with E-state index in [0.29, 0.717) is 16.9 Å². The third-order valence-electron chi connectivity index (χ3n) is 13.7. The van der Waals surface area contributed by atoms with Gasteiger partial charge in [-0.05, 0) is 130 Å². The number of aromatic nitrogens is 4. The molecule has 4 radical (unpaired) electrons. The molecular weight excluding hydrogens is 2060 g/mol. The Labute approximate surface area is 676 Å². The molecule has 13 aromatic rings. The number of rotatable bonds is 9. The summed E-state index contributed by atoms with van der Waals surface area (Å²) >= 11 is 0. The van der Waals surface area contributed by atoms with Gasteiger partial charge in [-0.15, -0.1) is 113 Å². The SMILES string of the molecule is CC(=O)C=C(C)O.CC(=O)C=C(C)O.CC(=O)C=C(C)O.CC(=O)C=C(C)O.Cc1cc[c-]c(-c2ccc3ccccc3n2)c1.Fc1[c-]c(-c2ccc3ccccc3n2)cc(F)c1.[C-]#[N+]c1cc[c-]c(-c2ccc3ccccc3n2)c1.[Ir].[Ir].[Ir].[Ir].[c-]1ccccc1-c1cc(-c2ccccc2)c2ccccc2n1. The van der Waals surface area contributed by atoms with Crippen LogP contribution in [0.4, 0.5) is 14.5 Å². The van der Waals surface area contributed by atoms with Gasteiger partial charge in [0.1, 0.15) is 5.69 Å². The number of ketones is 4. The van der Waals surface area contributed by atoms with Gasteiger partial charge < -0.3 is 20.4 Å². The summed E-state index contributed by atoms with van der Waals surface area (Å²) in [5.74, 6) is -1.60. The molecule has 0 bridgehead atoms. The Morgan fingerprint density at radius 2 is 0.766 bits per heavy atom. The fourth-order valence-corrected chi connectivity index (χ4v) is 9.59. The van der Waals surface area contributed by atoms with Crippen molar-refractivity contribution in [1.82, 2.24) is 19.9 Å². The van der Waals surface area contributed by atoms with E-state index in [-0.39, 0.29) is 127 Å². The zero-order valence-electron chi connectivity index (χ0n) is 59.7. The fourth-order valence-electron chi connectivity index (χ4n) is 9.59. The molecule has 13 nitrogen and oxygen atoms in total. The van der Waals surface area contributed by atoms with Crippen LogP contribution in [0.2, 0.25) is 0 Å². The third kappa shape index (κ3) is 33.2. The van der Waals surface area contributed by atoms with Gasteiger partial charge in [0.25, 0.3) is 0 Å². The molecule has 19 heteroatoms. The minimum atomic E-state index is -0.722. The van der Waals surface area contributed by atoms with E-state index in [1.165, 1.54) is 113 Å². The van der Waals surface area contributed by atoms with Crippen molar-refractivity contribution in [2.75, 3.05) is 0 Å². The number of halogens is 2. The van der Waals surface area contributed by atoms with E-state index in [1.807, 2.05) is 146 Å². The number of aliphatic hydroxyl groups is 4. The zero-order valence-corrected chi connectivity index (χ0v) is 69.2. The van der Waals surface area contributed by atoms with Crippen molar-refractivity contribution >= 4 is 72.4 Å². The van der Waals surface area contributed by atoms with Gasteiger partial charge >= 0.3 is 0 Å². The first kappa shape index (κ1) is 92.5. The second-order valence-electron chi connectivity index (χ2n) is 22.9. The predicted octanol–water partition coefficient (Wildman–Crippen LogP) is 21.8. The van der Waals surface area contributed by atoms with Crippen LogP contribution in [0.5, 0.6) is 0 Å². The molecule has 0 aliphatic rings. The maximum absolute atomic E-state index is 13.1. The number of allylic oxidation sites excluding steroid dienone is 8. The van der Waals surface area contributed by atoms with Crippen molar-refractivity contribution in [3.8, 4) is 56.2 Å². The first-order chi connectivity index (χ1) is 49.3. The molecule has 0 amide bonds. The summed E-state index contributed by atoms with van der Waals surface area (Å²) in [6.45, 7) is 20.5. The van der Waals surface area contributed by atoms with Gasteiger partial charge in [0, 0.05) is 122 Å². The van der Waals surface area contributed by atoms with Crippen molar-refractivity contribution in [1.29, 1.82) is 0 Å². The maximum Gasteiger partial charge on any atom is 0.155 e. The van der Waals surface area contributed by atoms with Gasteiger partial charge in [-0.2, -0.15) is 6.07 Å². The number of hydrogen-bond acceptors (Lipinski definition) is 12. The molecule has 9 aromatic carbocycles. The third-order valence-corrected chi connectivity index (χ3v) is 13.7. The smallest absolute Gasteiger partial charge is 0.155 e. The molecular formula is C88H75F2Ir4N5O8-4. The monoisotopic (exact) mass is 2140 g/mol. The molecule has 0 fully saturated rings. The molecule has 4 N–H and O–H groups in total. The average molecular weight is 2140 g/mol. The van der Waals surface area contributed by atoms with Crippen LogP contribution in [-0.2, 0) is 99.6 Å². The van der Waals surface area contributed by atoms with E-state index in [0.717, 1.165) is 72.7 Å². The summed E-state index contributed by atoms with van der Waals surface area (Å²) in [5, 5.41) is 37.9. The molecule has 0 aliphatic heterocycles. The Balaban J connectivity index is 0.000000430. The standard InChI is InChI=1S/C21H14N.C16H9N2.C16H12N.C15H8F2N.4C5H8O2.4Ir/c1-3-9-16(10-4-1)19-15-21(17-11-5-2-6-12-17)22-20-14-8-7-13-18(19)20;1-17-14-7-4-6-13(11-14)16-10-9-12-5-2-3-8-15(12)18-16;1-12-5-4-7-14(11-12)16-10-9-13-6-2-3-8-15(13)17-16;16-12-7-11(8-13(17)9-12)15-6-5-10-3-1-2-4-14(10)18-15;4*1-4(6)3-5(2)7;;;;/h1-11,13-15H;2-5,7-11H;2-6,8-11H,1H3;1-7,9H;4*3,6H,1-2H3;;;;/q4*-1;;;;;;;;. The number of aliphatic hydroxyl groups excluding tert-OH is 4. The van der Waals surface area contributed by atoms with E-state index < -0.39 is 11.6 Å². The molecule has 554 valence electrons. The van der Waals surface area contributed by atoms with Gasteiger partial charge in [-0.1, -0.05) is 159 Å². The topological polar surface area (TPSA) is 205 Å². The maximum atomic E-state index is 13.1. The van der Waals surface area contributed by atoms with Crippen molar-refractivity contribution in [2.24, 2.45) is 0 Å². The van der Waals surface area contributed by atoms with Crippen LogP contribution in [0.3, 0.4) is 0 Å². The molecule has 0 saturated carbocycles. The molecule has 13 rings (SSSR count). The minimum absolute atomic E-state index is 0. The van der Waals surface area contributed by atoms with Crippen LogP contribution < -0.4 is 0 Å². The number of para-hydroxylation sites is 4. The average Bonchev–Trinajstić information content (AvgIpc) is 0.787. The second kappa shape index (κ2) is 48.5. The van der Waals surface area contributed by atoms with Crippen LogP contribution in [0.1, 0.15) is 61.0 Å². The summed E-state index contributed by atoms with van der Waals surface area (Å²) in [5.41, 5.74) is 14.6. The van der Waals surface area contributed by atoms with Gasteiger partial charge in [0.05, 0.1) is 51.7 Å². The van der Waals surface area contributed by atoms with E-state index in [2.05, 4.69) is 118 Å². The summed E-state index contributed by atoms with van der Waals surface area (Å²) in [7, 11) is 0. The normalized spacial score (nSPS) is 10.4. The van der Waals surface area contributed by atoms with Crippen LogP contribution in [-0.4, -0.2) is 63.5 Å². The summed E-state index contributed by atoms with van der Waals surface area (Å²) in [4.78, 5) is 61.9. The first-order valence-electron chi connectivity index (χ1n) is 32.1. The first-order valence-corrected chi connectivity index (χ1v) is 32.1. The van der Waals surface area contributed by atoms with Crippen molar-refractivity contribution in [2.45, 2.75) is 62.3 Å². The number of carbonyl (C=O) groups is 4. The Bertz CT molecular complexity index is 5100. The Morgan fingerprint density at radius 1 is 0.383 bits per heavy atom. The molecule has 0 saturated heterocycles. The quantitative estimate of drug-likeness (QED) is 0.0605. The zero-order chi connectivity index (χ0) is 74.8. The second-order valence-corrected chi connectivity index (χ2v) is 22.9. The molecule has 4 aromatic heterocycles. The van der Waals surface area contributed by atoms with E-state index in [1.54, 1.807) is 18.2 Å². The summed E-state index contributed by atoms with van der Waals surface area (Å²) < 4.78 is 26.2. The fraction of sp³-hybridized carbons (Fsp3) is 0.102. The Kier molecular flexibility index (Phi) is 41.9. The molecule has 107 heavy (non-hydrogen) atoms. The van der Waals surface area contributed by atoms with E-state index in [4.69, 9.17) is 32.0 Å². The predicted molar refractivity (Wildman–Crippen MR) is 409 cm³/mol. The number of aryl methyl sites for hydroxylation is 1. The number of nitrogens with zero attached hydrogens (tertiary/aromatic N) is 5. The van der Waals surface area contributed by atoms with Gasteiger partial charge in [-0.25, -0.2) is 8.78 Å². The van der Waals surface area contributed by atoms with Gasteiger partial charge in [0.15, 0.2) is 23.1 Å². The largest absolute Gasteiger partial charge is 0.512 e. The summed E-state index contributed by atoms with van der Waals surface area (Å²) in [6, 6.07) is 89.8. The molecule has 0 aliphatic carbocycles. The summed E-state index contributed by atoms with van der Waals surface area (Å²) in [6.07, 6.45) is 4.67. The number of carbonyl (C=O) groups excluding carboxylic acids is 4. The van der Waals surface area contributed by atoms with Crippen molar-refractivity contribution in [3.05, 3.63) is 343 Å². The van der Waals surface area contributed by atoms with Gasteiger partial charge in [0.2, 0.25) is 0 Å². The van der Waals surface area contributed by atoms with Crippen LogP contribution in [0.15, 0.2) is 290 Å². The molecule has 0 spiro atoms. The van der Waals surface area contributed by atoms with E-state index >= 15 is 0 Å². The number of hydrogen-bond donors (Lipinski definition) is 4. The van der Waals surface area contributed by atoms with Crippen LogP contribution >= 0.6 is 0 Å². The molecule has 0 unspecified atom stereocenters. The molecule has 0 atom stereocenters. The number of benzene rings is 9. The van der Waals surface area contributed by atoms with E-state index in [9.17, 15) is 28.0 Å². The van der Waals surface area contributed by atoms with Crippen LogP contribution in [0, 0.1) is 49.4 Å². The van der Waals surface area contributed by atoms with Crippen molar-refractivity contribution in [3.63, 3.8) is 0 Å². The Hall–Kier alpha value is -10.6. The number of pyridine rings is 4. The molecule has 4 heterocycles. The number of fused-ring (bicyclic) bond motifs is 4.